The summed E-state index contributed by atoms with van der Waals surface area (Å²) < 4.78 is 34.3. The quantitative estimate of drug-likeness (QED) is 0.267. The van der Waals surface area contributed by atoms with Crippen LogP contribution in [0.2, 0.25) is 0 Å². The molecule has 2 aromatic heterocycles. The highest BCUT2D eigenvalue weighted by molar-refractivity contribution is 5.76. The van der Waals surface area contributed by atoms with E-state index in [2.05, 4.69) is 29.0 Å². The van der Waals surface area contributed by atoms with Gasteiger partial charge in [-0.05, 0) is 75.3 Å². The first-order valence-electron chi connectivity index (χ1n) is 15.4. The zero-order chi connectivity index (χ0) is 29.9. The zero-order valence-corrected chi connectivity index (χ0v) is 25.4. The minimum atomic E-state index is -0.713. The normalized spacial score (nSPS) is 22.0. The summed E-state index contributed by atoms with van der Waals surface area (Å²) in [4.78, 5) is 14.5. The number of benzene rings is 2. The Kier molecular flexibility index (Phi) is 12.3. The molecule has 0 saturated heterocycles. The van der Waals surface area contributed by atoms with Crippen LogP contribution in [0.25, 0.3) is 22.5 Å². The third kappa shape index (κ3) is 8.14. The summed E-state index contributed by atoms with van der Waals surface area (Å²) in [5.41, 5.74) is 1.09. The molecule has 0 aliphatic heterocycles. The second-order valence-corrected chi connectivity index (χ2v) is 10.8. The summed E-state index contributed by atoms with van der Waals surface area (Å²) in [6.07, 6.45) is 8.75. The summed E-state index contributed by atoms with van der Waals surface area (Å²) in [6, 6.07) is 12.0. The van der Waals surface area contributed by atoms with Gasteiger partial charge in [0.2, 0.25) is 11.8 Å². The number of rotatable bonds is 3. The van der Waals surface area contributed by atoms with Gasteiger partial charge in [0.1, 0.15) is 11.3 Å². The Balaban J connectivity index is 0.000000202. The maximum absolute atomic E-state index is 13.6. The monoisotopic (exact) mass is 568 g/mol. The summed E-state index contributed by atoms with van der Waals surface area (Å²) in [7, 11) is 0. The van der Waals surface area contributed by atoms with Crippen molar-refractivity contribution in [3.8, 4) is 11.5 Å². The van der Waals surface area contributed by atoms with Crippen molar-refractivity contribution < 1.29 is 13.2 Å². The lowest BCUT2D eigenvalue weighted by atomic mass is 9.83. The van der Waals surface area contributed by atoms with Gasteiger partial charge >= 0.3 is 5.69 Å². The maximum atomic E-state index is 13.6. The highest BCUT2D eigenvalue weighted by Crippen LogP contribution is 2.36. The minimum absolute atomic E-state index is 0.0404. The lowest BCUT2D eigenvalue weighted by molar-refractivity contribution is 0.290. The smallest absolute Gasteiger partial charge is 0.326 e. The lowest BCUT2D eigenvalue weighted by Gasteiger charge is -2.27. The fourth-order valence-corrected chi connectivity index (χ4v) is 5.62. The average molecular weight is 569 g/mol. The van der Waals surface area contributed by atoms with Gasteiger partial charge in [0.15, 0.2) is 5.82 Å². The van der Waals surface area contributed by atoms with Crippen LogP contribution < -0.4 is 5.69 Å². The molecule has 0 spiro atoms. The first-order valence-corrected chi connectivity index (χ1v) is 15.4. The first-order chi connectivity index (χ1) is 19.9. The Morgan fingerprint density at radius 1 is 0.829 bits per heavy atom. The predicted octanol–water partition coefficient (Wildman–Crippen LogP) is 9.44. The van der Waals surface area contributed by atoms with Gasteiger partial charge < -0.3 is 9.40 Å². The second-order valence-electron chi connectivity index (χ2n) is 10.8. The fraction of sp³-hybridized carbons (Fsp3) is 0.545. The molecule has 1 N–H and O–H groups in total. The number of aromatic nitrogens is 4. The van der Waals surface area contributed by atoms with Gasteiger partial charge in [0, 0.05) is 29.7 Å². The molecule has 6 nitrogen and oxygen atoms in total. The summed E-state index contributed by atoms with van der Waals surface area (Å²) >= 11 is 0. The molecule has 41 heavy (non-hydrogen) atoms. The molecule has 2 aliphatic rings. The molecule has 0 atom stereocenters. The number of H-pyrrole nitrogens is 1. The van der Waals surface area contributed by atoms with Crippen molar-refractivity contribution in [2.45, 2.75) is 105 Å². The Bertz CT molecular complexity index is 1380. The van der Waals surface area contributed by atoms with E-state index in [1.165, 1.54) is 36.3 Å². The van der Waals surface area contributed by atoms with Crippen LogP contribution in [0.3, 0.4) is 0 Å². The Labute approximate surface area is 242 Å². The van der Waals surface area contributed by atoms with Crippen LogP contribution in [0.4, 0.5) is 8.78 Å². The molecule has 224 valence electrons. The number of nitrogens with zero attached hydrogens (tertiary/aromatic N) is 3. The highest BCUT2D eigenvalue weighted by atomic mass is 19.1. The second kappa shape index (κ2) is 15.6. The van der Waals surface area contributed by atoms with E-state index in [9.17, 15) is 13.6 Å². The van der Waals surface area contributed by atoms with Crippen molar-refractivity contribution in [2.75, 3.05) is 0 Å². The number of hydrogen-bond acceptors (Lipinski definition) is 4. The molecule has 2 heterocycles. The number of nitrogens with one attached hydrogen (secondary N) is 1. The third-order valence-corrected chi connectivity index (χ3v) is 7.92. The van der Waals surface area contributed by atoms with Crippen molar-refractivity contribution in [1.82, 2.24) is 19.7 Å². The number of aromatic amines is 1. The number of fused-ring (bicyclic) bond motifs is 1. The minimum Gasteiger partial charge on any atom is -0.420 e. The van der Waals surface area contributed by atoms with Crippen molar-refractivity contribution in [3.63, 3.8) is 0 Å². The van der Waals surface area contributed by atoms with Crippen LogP contribution in [0.1, 0.15) is 111 Å². The molecule has 2 aromatic carbocycles. The van der Waals surface area contributed by atoms with Crippen LogP contribution in [-0.4, -0.2) is 19.7 Å². The van der Waals surface area contributed by atoms with Crippen LogP contribution in [-0.2, 0) is 0 Å². The Morgan fingerprint density at radius 3 is 2.02 bits per heavy atom. The van der Waals surface area contributed by atoms with Crippen molar-refractivity contribution in [3.05, 3.63) is 70.5 Å². The molecule has 2 saturated carbocycles. The van der Waals surface area contributed by atoms with Crippen LogP contribution in [0.15, 0.2) is 51.7 Å². The van der Waals surface area contributed by atoms with E-state index in [0.717, 1.165) is 49.1 Å². The molecule has 6 rings (SSSR count). The molecule has 4 aromatic rings. The van der Waals surface area contributed by atoms with Crippen LogP contribution in [0, 0.1) is 23.5 Å². The standard InChI is InChI=1S/C15H18N2O.C14H16F2N2O.2C2H6/c1-11-7-9-13(10-8-11)15-17-16-14(18-15)12-5-3-2-4-6-12;1-8-2-4-10(5-3-8)18-12-7-9(15)6-11(16)13(12)17-14(18)19;2*1-2/h2-6,11,13H,7-10H2,1H3;6-8,10H,2-5H2,1H3,(H,17,19);2*1-2H3. The molecule has 0 radical (unpaired) electrons. The number of halogens is 2. The highest BCUT2D eigenvalue weighted by Gasteiger charge is 2.25. The zero-order valence-electron chi connectivity index (χ0n) is 25.4. The fourth-order valence-electron chi connectivity index (χ4n) is 5.62. The molecule has 0 amide bonds. The van der Waals surface area contributed by atoms with E-state index in [-0.39, 0.29) is 17.2 Å². The van der Waals surface area contributed by atoms with E-state index >= 15 is 0 Å². The number of imidazole rings is 1. The Morgan fingerprint density at radius 2 is 1.41 bits per heavy atom. The van der Waals surface area contributed by atoms with Gasteiger partial charge in [-0.2, -0.15) is 0 Å². The van der Waals surface area contributed by atoms with Gasteiger partial charge in [-0.3, -0.25) is 4.57 Å². The van der Waals surface area contributed by atoms with Crippen LogP contribution >= 0.6 is 0 Å². The molecule has 0 unspecified atom stereocenters. The molecule has 2 aliphatic carbocycles. The Hall–Kier alpha value is -3.29. The third-order valence-electron chi connectivity index (χ3n) is 7.92. The summed E-state index contributed by atoms with van der Waals surface area (Å²) in [5, 5.41) is 8.39. The van der Waals surface area contributed by atoms with Gasteiger partial charge in [-0.25, -0.2) is 13.6 Å². The van der Waals surface area contributed by atoms with E-state index < -0.39 is 11.6 Å². The van der Waals surface area contributed by atoms with E-state index in [0.29, 0.717) is 23.2 Å². The van der Waals surface area contributed by atoms with Crippen molar-refractivity contribution in [2.24, 2.45) is 11.8 Å². The summed E-state index contributed by atoms with van der Waals surface area (Å²) in [5.74, 6) is 2.07. The molecule has 8 heteroatoms. The van der Waals surface area contributed by atoms with Crippen molar-refractivity contribution >= 4 is 11.0 Å². The van der Waals surface area contributed by atoms with Gasteiger partial charge in [0.25, 0.3) is 0 Å². The molecular formula is C33H46F2N4O2. The van der Waals surface area contributed by atoms with E-state index in [1.54, 1.807) is 0 Å². The lowest BCUT2D eigenvalue weighted by Crippen LogP contribution is -2.25. The molecule has 0 bridgehead atoms. The van der Waals surface area contributed by atoms with E-state index in [1.807, 2.05) is 58.0 Å². The number of hydrogen-bond donors (Lipinski definition) is 1. The maximum Gasteiger partial charge on any atom is 0.326 e. The van der Waals surface area contributed by atoms with Gasteiger partial charge in [0.05, 0.1) is 5.52 Å². The average Bonchev–Trinajstić information content (AvgIpc) is 3.62. The molecule has 2 fully saturated rings. The first kappa shape index (κ1) is 32.2. The topological polar surface area (TPSA) is 76.7 Å². The summed E-state index contributed by atoms with van der Waals surface area (Å²) in [6.45, 7) is 12.5. The van der Waals surface area contributed by atoms with Crippen molar-refractivity contribution in [1.29, 1.82) is 0 Å². The predicted molar refractivity (Wildman–Crippen MR) is 162 cm³/mol. The van der Waals surface area contributed by atoms with Crippen LogP contribution in [0.5, 0.6) is 0 Å². The largest absolute Gasteiger partial charge is 0.420 e. The van der Waals surface area contributed by atoms with Gasteiger partial charge in [-0.1, -0.05) is 59.7 Å². The van der Waals surface area contributed by atoms with E-state index in [4.69, 9.17) is 4.42 Å². The van der Waals surface area contributed by atoms with Gasteiger partial charge in [-0.15, -0.1) is 10.2 Å². The molecular weight excluding hydrogens is 522 g/mol. The SMILES string of the molecule is CC.CC.CC1CCC(c2nnc(-c3ccccc3)o2)CC1.CC1CCC(n2c(=O)[nH]c3c(F)cc(F)cc32)CC1.